The number of benzene rings is 2. The van der Waals surface area contributed by atoms with Crippen molar-refractivity contribution in [1.82, 2.24) is 5.32 Å². The van der Waals surface area contributed by atoms with Crippen LogP contribution in [0.1, 0.15) is 18.5 Å². The molecule has 6 nitrogen and oxygen atoms in total. The molecule has 0 unspecified atom stereocenters. The van der Waals surface area contributed by atoms with Crippen molar-refractivity contribution >= 4 is 39.1 Å². The molecule has 126 valence electrons. The average Bonchev–Trinajstić information content (AvgIpc) is 2.54. The largest absolute Gasteiger partial charge is 0.482 e. The molecule has 0 aromatic heterocycles. The predicted octanol–water partition coefficient (Wildman–Crippen LogP) is 4.27. The summed E-state index contributed by atoms with van der Waals surface area (Å²) in [7, 11) is 0. The third kappa shape index (κ3) is 4.94. The van der Waals surface area contributed by atoms with Gasteiger partial charge >= 0.3 is 0 Å². The molecule has 0 heterocycles. The quantitative estimate of drug-likeness (QED) is 0.566. The number of non-ortho nitro benzene ring substituents is 1. The molecule has 0 aliphatic carbocycles. The zero-order chi connectivity index (χ0) is 17.7. The Morgan fingerprint density at radius 3 is 2.58 bits per heavy atom. The summed E-state index contributed by atoms with van der Waals surface area (Å²) in [6, 6.07) is 11.2. The number of nitro benzene ring substituents is 1. The number of carbonyl (C=O) groups is 1. The Balaban J connectivity index is 1.91. The Morgan fingerprint density at radius 2 is 2.00 bits per heavy atom. The molecule has 1 N–H and O–H groups in total. The maximum absolute atomic E-state index is 12.0. The first kappa shape index (κ1) is 18.2. The van der Waals surface area contributed by atoms with Crippen molar-refractivity contribution in [2.75, 3.05) is 6.61 Å². The van der Waals surface area contributed by atoms with Gasteiger partial charge in [0, 0.05) is 16.6 Å². The van der Waals surface area contributed by atoms with E-state index in [-0.39, 0.29) is 35.0 Å². The molecule has 0 fully saturated rings. The Bertz CT molecular complexity index is 752. The van der Waals surface area contributed by atoms with Crippen LogP contribution in [-0.2, 0) is 4.79 Å². The second kappa shape index (κ2) is 8.12. The fourth-order valence-corrected chi connectivity index (χ4v) is 2.48. The number of nitrogens with one attached hydrogen (secondary N) is 1. The molecule has 2 aromatic carbocycles. The first-order valence-electron chi connectivity index (χ1n) is 6.98. The van der Waals surface area contributed by atoms with Gasteiger partial charge in [0.05, 0.1) is 16.0 Å². The molecule has 0 saturated heterocycles. The highest BCUT2D eigenvalue weighted by molar-refractivity contribution is 9.10. The summed E-state index contributed by atoms with van der Waals surface area (Å²) in [5.74, 6) is -0.103. The van der Waals surface area contributed by atoms with Gasteiger partial charge in [0.25, 0.3) is 11.6 Å². The predicted molar refractivity (Wildman–Crippen MR) is 94.3 cm³/mol. The average molecular weight is 414 g/mol. The fourth-order valence-electron chi connectivity index (χ4n) is 1.98. The first-order chi connectivity index (χ1) is 11.4. The van der Waals surface area contributed by atoms with Gasteiger partial charge in [-0.2, -0.15) is 0 Å². The summed E-state index contributed by atoms with van der Waals surface area (Å²) in [6.45, 7) is 1.62. The summed E-state index contributed by atoms with van der Waals surface area (Å²) >= 11 is 9.26. The Hall–Kier alpha value is -2.12. The van der Waals surface area contributed by atoms with Gasteiger partial charge in [-0.25, -0.2) is 0 Å². The third-order valence-electron chi connectivity index (χ3n) is 3.23. The first-order valence-corrected chi connectivity index (χ1v) is 8.15. The SMILES string of the molecule is C[C@@H](NC(=O)COc1ccc([N+](=O)[O-])cc1Cl)c1ccc(Br)cc1. The van der Waals surface area contributed by atoms with Gasteiger partial charge in [0.2, 0.25) is 0 Å². The Morgan fingerprint density at radius 1 is 1.33 bits per heavy atom. The van der Waals surface area contributed by atoms with E-state index in [9.17, 15) is 14.9 Å². The summed E-state index contributed by atoms with van der Waals surface area (Å²) in [6.07, 6.45) is 0. The van der Waals surface area contributed by atoms with E-state index in [4.69, 9.17) is 16.3 Å². The van der Waals surface area contributed by atoms with Gasteiger partial charge < -0.3 is 10.1 Å². The van der Waals surface area contributed by atoms with Crippen molar-refractivity contribution in [3.05, 3.63) is 67.6 Å². The van der Waals surface area contributed by atoms with E-state index >= 15 is 0 Å². The lowest BCUT2D eigenvalue weighted by molar-refractivity contribution is -0.384. The smallest absolute Gasteiger partial charge is 0.271 e. The molecule has 2 aromatic rings. The molecule has 24 heavy (non-hydrogen) atoms. The molecule has 8 heteroatoms. The second-order valence-electron chi connectivity index (χ2n) is 5.00. The maximum atomic E-state index is 12.0. The summed E-state index contributed by atoms with van der Waals surface area (Å²) in [5.41, 5.74) is 0.820. The maximum Gasteiger partial charge on any atom is 0.271 e. The monoisotopic (exact) mass is 412 g/mol. The van der Waals surface area contributed by atoms with Crippen LogP contribution in [0.15, 0.2) is 46.9 Å². The number of hydrogen-bond acceptors (Lipinski definition) is 4. The molecule has 1 amide bonds. The number of nitro groups is 1. The lowest BCUT2D eigenvalue weighted by atomic mass is 10.1. The topological polar surface area (TPSA) is 81.5 Å². The van der Waals surface area contributed by atoms with Crippen LogP contribution in [0.2, 0.25) is 5.02 Å². The second-order valence-corrected chi connectivity index (χ2v) is 6.32. The molecular formula is C16H14BrClN2O4. The molecule has 0 aliphatic heterocycles. The van der Waals surface area contributed by atoms with Gasteiger partial charge in [-0.1, -0.05) is 39.7 Å². The molecule has 0 radical (unpaired) electrons. The van der Waals surface area contributed by atoms with E-state index in [1.54, 1.807) is 0 Å². The number of nitrogens with zero attached hydrogens (tertiary/aromatic N) is 1. The zero-order valence-corrected chi connectivity index (χ0v) is 15.0. The Kier molecular flexibility index (Phi) is 6.16. The normalized spacial score (nSPS) is 11.6. The molecule has 0 saturated carbocycles. The number of carbonyl (C=O) groups excluding carboxylic acids is 1. The van der Waals surface area contributed by atoms with Crippen LogP contribution in [0.25, 0.3) is 0 Å². The van der Waals surface area contributed by atoms with Crippen molar-refractivity contribution in [2.24, 2.45) is 0 Å². The van der Waals surface area contributed by atoms with Crippen LogP contribution >= 0.6 is 27.5 Å². The molecule has 1 atom stereocenters. The summed E-state index contributed by atoms with van der Waals surface area (Å²) in [4.78, 5) is 22.1. The lowest BCUT2D eigenvalue weighted by Gasteiger charge is -2.15. The number of halogens is 2. The number of ether oxygens (including phenoxy) is 1. The van der Waals surface area contributed by atoms with E-state index < -0.39 is 4.92 Å². The lowest BCUT2D eigenvalue weighted by Crippen LogP contribution is -2.31. The summed E-state index contributed by atoms with van der Waals surface area (Å²) < 4.78 is 6.27. The number of hydrogen-bond donors (Lipinski definition) is 1. The van der Waals surface area contributed by atoms with Crippen molar-refractivity contribution < 1.29 is 14.5 Å². The van der Waals surface area contributed by atoms with Gasteiger partial charge in [-0.3, -0.25) is 14.9 Å². The van der Waals surface area contributed by atoms with Crippen molar-refractivity contribution in [1.29, 1.82) is 0 Å². The molecule has 2 rings (SSSR count). The minimum absolute atomic E-state index is 0.0814. The van der Waals surface area contributed by atoms with Crippen LogP contribution in [0, 0.1) is 10.1 Å². The van der Waals surface area contributed by atoms with Crippen LogP contribution in [0.4, 0.5) is 5.69 Å². The fraction of sp³-hybridized carbons (Fsp3) is 0.188. The van der Waals surface area contributed by atoms with Crippen molar-refractivity contribution in [3.8, 4) is 5.75 Å². The number of amides is 1. The third-order valence-corrected chi connectivity index (χ3v) is 4.06. The van der Waals surface area contributed by atoms with Crippen molar-refractivity contribution in [3.63, 3.8) is 0 Å². The van der Waals surface area contributed by atoms with E-state index in [1.807, 2.05) is 31.2 Å². The van der Waals surface area contributed by atoms with E-state index in [1.165, 1.54) is 18.2 Å². The standard InChI is InChI=1S/C16H14BrClN2O4/c1-10(11-2-4-12(17)5-3-11)19-16(21)9-24-15-7-6-13(20(22)23)8-14(15)18/h2-8,10H,9H2,1H3,(H,19,21)/t10-/m1/s1. The molecule has 0 aliphatic rings. The minimum atomic E-state index is -0.553. The number of rotatable bonds is 6. The van der Waals surface area contributed by atoms with Crippen molar-refractivity contribution in [2.45, 2.75) is 13.0 Å². The highest BCUT2D eigenvalue weighted by Crippen LogP contribution is 2.28. The molecule has 0 bridgehead atoms. The van der Waals surface area contributed by atoms with Crippen LogP contribution in [0.5, 0.6) is 5.75 Å². The van der Waals surface area contributed by atoms with Crippen LogP contribution < -0.4 is 10.1 Å². The summed E-state index contributed by atoms with van der Waals surface area (Å²) in [5, 5.41) is 13.5. The molecule has 0 spiro atoms. The van der Waals surface area contributed by atoms with Gasteiger partial charge in [0.1, 0.15) is 5.75 Å². The zero-order valence-electron chi connectivity index (χ0n) is 12.7. The Labute approximate surface area is 152 Å². The highest BCUT2D eigenvalue weighted by atomic mass is 79.9. The van der Waals surface area contributed by atoms with Crippen LogP contribution in [0.3, 0.4) is 0 Å². The van der Waals surface area contributed by atoms with E-state index in [0.717, 1.165) is 10.0 Å². The highest BCUT2D eigenvalue weighted by Gasteiger charge is 2.13. The van der Waals surface area contributed by atoms with Crippen LogP contribution in [-0.4, -0.2) is 17.4 Å². The van der Waals surface area contributed by atoms with Gasteiger partial charge in [-0.05, 0) is 30.7 Å². The van der Waals surface area contributed by atoms with Gasteiger partial charge in [0.15, 0.2) is 6.61 Å². The van der Waals surface area contributed by atoms with Gasteiger partial charge in [-0.15, -0.1) is 0 Å². The van der Waals surface area contributed by atoms with E-state index in [0.29, 0.717) is 0 Å². The minimum Gasteiger partial charge on any atom is -0.482 e. The molecular weight excluding hydrogens is 400 g/mol. The van der Waals surface area contributed by atoms with E-state index in [2.05, 4.69) is 21.2 Å².